The summed E-state index contributed by atoms with van der Waals surface area (Å²) < 4.78 is 77.3. The third-order valence-corrected chi connectivity index (χ3v) is 9.53. The average Bonchev–Trinajstić information content (AvgIpc) is 3.53. The number of hydrogen-bond acceptors (Lipinski definition) is 10. The zero-order valence-corrected chi connectivity index (χ0v) is 24.3. The number of ether oxygens (including phenoxy) is 1. The first-order valence-electron chi connectivity index (χ1n) is 12.8. The number of hydrogen-bond donors (Lipinski definition) is 2. The molecular formula is C23H29F3N8O6S2. The number of sulfonamides is 1. The lowest BCUT2D eigenvalue weighted by Gasteiger charge is -2.39. The van der Waals surface area contributed by atoms with Gasteiger partial charge in [-0.1, -0.05) is 11.3 Å². The number of benzene rings is 1. The number of carbonyl (C=O) groups is 1. The lowest BCUT2D eigenvalue weighted by Crippen LogP contribution is -2.63. The van der Waals surface area contributed by atoms with Gasteiger partial charge in [-0.2, -0.15) is 4.72 Å². The van der Waals surface area contributed by atoms with E-state index in [1.54, 1.807) is 23.9 Å². The van der Waals surface area contributed by atoms with E-state index in [1.807, 2.05) is 0 Å². The number of imidazole rings is 1. The van der Waals surface area contributed by atoms with Crippen LogP contribution in [0.1, 0.15) is 11.4 Å². The molecule has 230 valence electrons. The van der Waals surface area contributed by atoms with E-state index in [1.165, 1.54) is 21.6 Å². The van der Waals surface area contributed by atoms with Crippen molar-refractivity contribution in [3.05, 3.63) is 27.6 Å². The molecule has 0 atom stereocenters. The maximum absolute atomic E-state index is 13.8. The minimum atomic E-state index is -4.40. The summed E-state index contributed by atoms with van der Waals surface area (Å²) in [5.74, 6) is 0. The highest BCUT2D eigenvalue weighted by atomic mass is 32.2. The zero-order valence-electron chi connectivity index (χ0n) is 22.7. The molecule has 2 amide bonds. The van der Waals surface area contributed by atoms with Gasteiger partial charge in [-0.15, -0.1) is 10.2 Å². The van der Waals surface area contributed by atoms with E-state index in [9.17, 15) is 36.3 Å². The Labute approximate surface area is 241 Å². The highest BCUT2D eigenvalue weighted by Crippen LogP contribution is 2.34. The molecule has 42 heavy (non-hydrogen) atoms. The number of carbonyl (C=O) groups excluding carboxylic acids is 1. The molecule has 2 aromatic heterocycles. The van der Waals surface area contributed by atoms with Gasteiger partial charge in [0.2, 0.25) is 15.2 Å². The third-order valence-electron chi connectivity index (χ3n) is 7.05. The van der Waals surface area contributed by atoms with Gasteiger partial charge < -0.3 is 24.5 Å². The fourth-order valence-electron chi connectivity index (χ4n) is 4.92. The zero-order chi connectivity index (χ0) is 30.4. The van der Waals surface area contributed by atoms with Crippen molar-refractivity contribution in [2.45, 2.75) is 23.4 Å². The lowest BCUT2D eigenvalue weighted by molar-refractivity contribution is -0.0725. The van der Waals surface area contributed by atoms with Crippen molar-refractivity contribution in [2.75, 3.05) is 71.7 Å². The van der Waals surface area contributed by atoms with Gasteiger partial charge in [0.25, 0.3) is 6.43 Å². The second kappa shape index (κ2) is 11.4. The molecule has 14 nitrogen and oxygen atoms in total. The Morgan fingerprint density at radius 2 is 1.90 bits per heavy atom. The summed E-state index contributed by atoms with van der Waals surface area (Å²) in [4.78, 5) is 30.7. The van der Waals surface area contributed by atoms with Crippen LogP contribution in [0.4, 0.5) is 23.7 Å². The van der Waals surface area contributed by atoms with E-state index >= 15 is 0 Å². The number of halogens is 3. The number of alkyl halides is 3. The molecule has 2 N–H and O–H groups in total. The molecule has 5 rings (SSSR count). The quantitative estimate of drug-likeness (QED) is 0.340. The number of nitrogens with zero attached hydrogens (tertiary/aromatic N) is 7. The van der Waals surface area contributed by atoms with E-state index in [2.05, 4.69) is 14.9 Å². The number of anilines is 1. The van der Waals surface area contributed by atoms with Gasteiger partial charge >= 0.3 is 11.7 Å². The number of fused-ring (bicyclic) bond motifs is 1. The molecule has 0 bridgehead atoms. The van der Waals surface area contributed by atoms with Gasteiger partial charge in [0.15, 0.2) is 5.01 Å². The fraction of sp³-hybridized carbons (Fsp3) is 0.565. The Kier molecular flexibility index (Phi) is 8.23. The largest absolute Gasteiger partial charge is 0.395 e. The standard InChI is InChI=1S/C23H29F3N8O6S2/c1-30(2)21(36)32-5-3-31(4-6-32)15-9-14(42(38,39)29-23(11-24)12-40-13-23)10-16-17(15)33(7-8-35)22(37)34(16)20-28-27-19(41-20)18(25)26/h9-10,18,29,35H,3-8,11-13H2,1-2H3. The topological polar surface area (TPSA) is 155 Å². The Morgan fingerprint density at radius 1 is 1.21 bits per heavy atom. The van der Waals surface area contributed by atoms with Crippen molar-refractivity contribution < 1.29 is 36.2 Å². The van der Waals surface area contributed by atoms with Crippen molar-refractivity contribution in [1.82, 2.24) is 33.9 Å². The van der Waals surface area contributed by atoms with Crippen molar-refractivity contribution in [1.29, 1.82) is 0 Å². The van der Waals surface area contributed by atoms with Gasteiger partial charge in [-0.05, 0) is 12.1 Å². The summed E-state index contributed by atoms with van der Waals surface area (Å²) in [7, 11) is -1.15. The van der Waals surface area contributed by atoms with Crippen LogP contribution in [-0.4, -0.2) is 121 Å². The predicted octanol–water partition coefficient (Wildman–Crippen LogP) is 0.394. The molecule has 2 aliphatic rings. The van der Waals surface area contributed by atoms with Crippen LogP contribution < -0.4 is 15.3 Å². The first-order chi connectivity index (χ1) is 19.9. The summed E-state index contributed by atoms with van der Waals surface area (Å²) in [5.41, 5.74) is -1.68. The Balaban J connectivity index is 1.70. The molecule has 2 fully saturated rings. The van der Waals surface area contributed by atoms with Gasteiger partial charge in [0, 0.05) is 40.3 Å². The Hall–Kier alpha value is -3.26. The first kappa shape index (κ1) is 30.2. The van der Waals surface area contributed by atoms with E-state index < -0.39 is 46.0 Å². The van der Waals surface area contributed by atoms with Gasteiger partial charge in [-0.25, -0.2) is 35.7 Å². The monoisotopic (exact) mass is 634 g/mol. The van der Waals surface area contributed by atoms with Crippen molar-refractivity contribution in [3.63, 3.8) is 0 Å². The van der Waals surface area contributed by atoms with E-state index in [4.69, 9.17) is 4.74 Å². The second-order valence-electron chi connectivity index (χ2n) is 10.2. The maximum atomic E-state index is 13.8. The molecule has 1 aromatic carbocycles. The number of aromatic nitrogens is 4. The minimum Gasteiger partial charge on any atom is -0.395 e. The molecular weight excluding hydrogens is 605 g/mol. The van der Waals surface area contributed by atoms with Crippen LogP contribution in [0.5, 0.6) is 0 Å². The third kappa shape index (κ3) is 5.34. The van der Waals surface area contributed by atoms with Crippen LogP contribution in [0.15, 0.2) is 21.8 Å². The van der Waals surface area contributed by atoms with Crippen LogP contribution in [0.2, 0.25) is 0 Å². The van der Waals surface area contributed by atoms with Gasteiger partial charge in [0.05, 0.1) is 48.0 Å². The number of rotatable bonds is 9. The van der Waals surface area contributed by atoms with Crippen LogP contribution >= 0.6 is 11.3 Å². The summed E-state index contributed by atoms with van der Waals surface area (Å²) in [6.45, 7) is -0.894. The Morgan fingerprint density at radius 3 is 2.43 bits per heavy atom. The summed E-state index contributed by atoms with van der Waals surface area (Å²) >= 11 is 0.463. The highest BCUT2D eigenvalue weighted by molar-refractivity contribution is 7.89. The van der Waals surface area contributed by atoms with Crippen LogP contribution in [-0.2, 0) is 21.3 Å². The summed E-state index contributed by atoms with van der Waals surface area (Å²) in [6.07, 6.45) is -2.95. The molecule has 19 heteroatoms. The normalized spacial score (nSPS) is 17.2. The summed E-state index contributed by atoms with van der Waals surface area (Å²) in [6, 6.07) is 2.31. The molecule has 3 aromatic rings. The van der Waals surface area contributed by atoms with Crippen LogP contribution in [0.25, 0.3) is 16.2 Å². The van der Waals surface area contributed by atoms with E-state index in [0.717, 1.165) is 4.57 Å². The number of aliphatic hydroxyl groups is 1. The second-order valence-corrected chi connectivity index (χ2v) is 12.9. The molecule has 0 saturated carbocycles. The van der Waals surface area contributed by atoms with Crippen molar-refractivity contribution >= 4 is 44.1 Å². The van der Waals surface area contributed by atoms with Crippen molar-refractivity contribution in [3.8, 4) is 5.13 Å². The highest BCUT2D eigenvalue weighted by Gasteiger charge is 2.43. The number of amides is 2. The van der Waals surface area contributed by atoms with Gasteiger partial charge in [0.1, 0.15) is 12.2 Å². The molecule has 2 aliphatic heterocycles. The molecule has 0 unspecified atom stereocenters. The van der Waals surface area contributed by atoms with Crippen LogP contribution in [0.3, 0.4) is 0 Å². The summed E-state index contributed by atoms with van der Waals surface area (Å²) in [5, 5.41) is 16.1. The molecule has 2 saturated heterocycles. The van der Waals surface area contributed by atoms with E-state index in [0.29, 0.717) is 11.3 Å². The SMILES string of the molecule is CN(C)C(=O)N1CCN(c2cc(S(=O)(=O)NC3(CF)COC3)cc3c2n(CCO)c(=O)n3-c2nnc(C(F)F)s2)CC1. The minimum absolute atomic E-state index is 0.00856. The van der Waals surface area contributed by atoms with Crippen LogP contribution in [0, 0.1) is 0 Å². The van der Waals surface area contributed by atoms with Crippen molar-refractivity contribution in [2.24, 2.45) is 0 Å². The van der Waals surface area contributed by atoms with Gasteiger partial charge in [-0.3, -0.25) is 4.57 Å². The number of piperazine rings is 1. The number of urea groups is 1. The molecule has 0 spiro atoms. The Bertz CT molecular complexity index is 1640. The fourth-order valence-corrected chi connectivity index (χ4v) is 7.02. The molecule has 0 radical (unpaired) electrons. The predicted molar refractivity (Wildman–Crippen MR) is 146 cm³/mol. The average molecular weight is 635 g/mol. The first-order valence-corrected chi connectivity index (χ1v) is 15.1. The lowest BCUT2D eigenvalue weighted by atomic mass is 10.0. The maximum Gasteiger partial charge on any atom is 0.335 e. The smallest absolute Gasteiger partial charge is 0.335 e. The number of aliphatic hydroxyl groups excluding tert-OH is 1. The molecule has 0 aliphatic carbocycles. The molecule has 4 heterocycles. The van der Waals surface area contributed by atoms with E-state index in [-0.39, 0.29) is 78.7 Å². The number of nitrogens with one attached hydrogen (secondary N) is 1.